The first-order valence-corrected chi connectivity index (χ1v) is 17.1. The van der Waals surface area contributed by atoms with Gasteiger partial charge in [0.2, 0.25) is 0 Å². The highest BCUT2D eigenvalue weighted by molar-refractivity contribution is 7.22. The lowest BCUT2D eigenvalue weighted by molar-refractivity contribution is 1.07. The summed E-state index contributed by atoms with van der Waals surface area (Å²) in [4.78, 5) is 7.72. The molecule has 42 heavy (non-hydrogen) atoms. The van der Waals surface area contributed by atoms with Crippen LogP contribution in [0.15, 0.2) is 152 Å². The smallest absolute Gasteiger partial charge is 0.180 e. The molecule has 0 N–H and O–H groups in total. The minimum Gasteiger partial charge on any atom is -0.298 e. The van der Waals surface area contributed by atoms with Gasteiger partial charge in [0.15, 0.2) is 13.9 Å². The minimum absolute atomic E-state index is 0.979. The summed E-state index contributed by atoms with van der Waals surface area (Å²) in [5, 5.41) is 5.73. The van der Waals surface area contributed by atoms with Crippen LogP contribution >= 0.6 is 11.3 Å². The van der Waals surface area contributed by atoms with E-state index in [1.54, 1.807) is 11.3 Å². The maximum atomic E-state index is 5.26. The molecule has 0 radical (unpaired) electrons. The van der Waals surface area contributed by atoms with Crippen LogP contribution in [0, 0.1) is 6.92 Å². The number of imidazole rings is 1. The first kappa shape index (κ1) is 25.0. The number of fused-ring (bicyclic) bond motifs is 3. The lowest BCUT2D eigenvalue weighted by Crippen LogP contribution is -2.72. The van der Waals surface area contributed by atoms with E-state index in [0.717, 1.165) is 22.8 Å². The van der Waals surface area contributed by atoms with Gasteiger partial charge in [0.05, 0.1) is 10.6 Å². The lowest BCUT2D eigenvalue weighted by Gasteiger charge is -2.31. The molecule has 0 spiro atoms. The third kappa shape index (κ3) is 3.80. The number of rotatable bonds is 5. The summed E-state index contributed by atoms with van der Waals surface area (Å²) in [6.07, 6.45) is 2.20. The van der Waals surface area contributed by atoms with E-state index >= 15 is 0 Å². The van der Waals surface area contributed by atoms with Gasteiger partial charge in [0.25, 0.3) is 0 Å². The average Bonchev–Trinajstić information content (AvgIpc) is 3.77. The Morgan fingerprint density at radius 3 is 1.88 bits per heavy atom. The van der Waals surface area contributed by atoms with E-state index in [2.05, 4.69) is 163 Å². The fourth-order valence-corrected chi connectivity index (χ4v) is 12.7. The lowest BCUT2D eigenvalue weighted by atomic mass is 10.0. The molecule has 0 saturated carbocycles. The van der Waals surface area contributed by atoms with Crippen molar-refractivity contribution in [3.8, 4) is 38.8 Å². The Morgan fingerprint density at radius 1 is 0.595 bits per heavy atom. The van der Waals surface area contributed by atoms with Gasteiger partial charge < -0.3 is 0 Å². The fraction of sp³-hybridized carbons (Fsp3) is 0.0263. The van der Waals surface area contributed by atoms with Crippen LogP contribution in [0.25, 0.3) is 38.8 Å². The van der Waals surface area contributed by atoms with Crippen molar-refractivity contribution in [2.45, 2.75) is 6.92 Å². The maximum absolute atomic E-state index is 5.26. The largest absolute Gasteiger partial charge is 0.298 e. The summed E-state index contributed by atoms with van der Waals surface area (Å²) in [6, 6.07) is 53.3. The molecule has 5 aromatic carbocycles. The Morgan fingerprint density at radius 2 is 1.21 bits per heavy atom. The molecular formula is C38H28N2SSi. The van der Waals surface area contributed by atoms with Crippen LogP contribution in [0.5, 0.6) is 0 Å². The number of hydrogen-bond acceptors (Lipinski definition) is 2. The molecule has 0 aliphatic carbocycles. The highest BCUT2D eigenvalue weighted by Gasteiger charge is 2.48. The molecule has 0 saturated heterocycles. The molecule has 0 fully saturated rings. The molecule has 3 heterocycles. The van der Waals surface area contributed by atoms with Crippen molar-refractivity contribution in [1.82, 2.24) is 9.55 Å². The Bertz CT molecular complexity index is 2000. The number of benzene rings is 5. The van der Waals surface area contributed by atoms with Crippen molar-refractivity contribution in [3.63, 3.8) is 0 Å². The molecule has 0 bridgehead atoms. The van der Waals surface area contributed by atoms with Crippen molar-refractivity contribution in [1.29, 1.82) is 0 Å². The van der Waals surface area contributed by atoms with E-state index in [1.807, 2.05) is 0 Å². The van der Waals surface area contributed by atoms with Crippen LogP contribution in [-0.2, 0) is 0 Å². The van der Waals surface area contributed by atoms with Crippen molar-refractivity contribution in [2.24, 2.45) is 0 Å². The first-order valence-electron chi connectivity index (χ1n) is 14.3. The van der Waals surface area contributed by atoms with Crippen LogP contribution < -0.4 is 20.7 Å². The normalized spacial score (nSPS) is 13.1. The minimum atomic E-state index is -2.48. The first-order chi connectivity index (χ1) is 20.7. The second kappa shape index (κ2) is 9.95. The van der Waals surface area contributed by atoms with E-state index < -0.39 is 8.07 Å². The van der Waals surface area contributed by atoms with E-state index in [0.29, 0.717) is 0 Å². The summed E-state index contributed by atoms with van der Waals surface area (Å²) in [7, 11) is -2.48. The van der Waals surface area contributed by atoms with Crippen molar-refractivity contribution in [2.75, 3.05) is 0 Å². The molecule has 200 valence electrons. The monoisotopic (exact) mass is 572 g/mol. The van der Waals surface area contributed by atoms with Crippen LogP contribution in [0.1, 0.15) is 4.88 Å². The van der Waals surface area contributed by atoms with Gasteiger partial charge in [0, 0.05) is 22.3 Å². The van der Waals surface area contributed by atoms with Crippen molar-refractivity contribution in [3.05, 3.63) is 157 Å². The molecular weight excluding hydrogens is 545 g/mol. The van der Waals surface area contributed by atoms with Gasteiger partial charge in [-0.15, -0.1) is 11.3 Å². The number of para-hydroxylation sites is 1. The standard InChI is InChI=1S/C38H28N2SSi/c1-27-21-23-35(41-27)38-39-34(26-40(38)29-13-5-2-6-14-29)28-22-24-37-33(25-28)32-19-11-12-20-36(32)42(37,30-15-7-3-8-16-30)31-17-9-4-10-18-31/h2-26H,1H3. The fourth-order valence-electron chi connectivity index (χ4n) is 6.64. The van der Waals surface area contributed by atoms with Gasteiger partial charge in [-0.05, 0) is 69.1 Å². The summed E-state index contributed by atoms with van der Waals surface area (Å²) >= 11 is 1.79. The van der Waals surface area contributed by atoms with E-state index in [9.17, 15) is 0 Å². The zero-order valence-corrected chi connectivity index (χ0v) is 25.1. The highest BCUT2D eigenvalue weighted by Crippen LogP contribution is 2.35. The summed E-state index contributed by atoms with van der Waals surface area (Å²) in [5.41, 5.74) is 5.90. The quantitative estimate of drug-likeness (QED) is 0.205. The summed E-state index contributed by atoms with van der Waals surface area (Å²) < 4.78 is 2.23. The van der Waals surface area contributed by atoms with Crippen LogP contribution in [0.2, 0.25) is 0 Å². The molecule has 7 aromatic rings. The Labute approximate surface area is 251 Å². The number of nitrogens with zero attached hydrogens (tertiary/aromatic N) is 2. The van der Waals surface area contributed by atoms with Gasteiger partial charge in [-0.1, -0.05) is 115 Å². The van der Waals surface area contributed by atoms with Crippen LogP contribution in [0.3, 0.4) is 0 Å². The zero-order chi connectivity index (χ0) is 28.1. The average molecular weight is 573 g/mol. The number of hydrogen-bond donors (Lipinski definition) is 0. The number of thiophene rings is 1. The van der Waals surface area contributed by atoms with Crippen LogP contribution in [0.4, 0.5) is 0 Å². The predicted molar refractivity (Wildman–Crippen MR) is 180 cm³/mol. The number of aromatic nitrogens is 2. The molecule has 1 aliphatic heterocycles. The third-order valence-electron chi connectivity index (χ3n) is 8.46. The number of aryl methyl sites for hydroxylation is 1. The van der Waals surface area contributed by atoms with Gasteiger partial charge in [-0.25, -0.2) is 4.98 Å². The SMILES string of the molecule is Cc1ccc(-c2nc(-c3ccc4c(c3)-c3ccccc3[Si]4(c3ccccc3)c3ccccc3)cn2-c2ccccc2)s1. The van der Waals surface area contributed by atoms with E-state index in [-0.39, 0.29) is 0 Å². The van der Waals surface area contributed by atoms with Gasteiger partial charge in [-0.2, -0.15) is 0 Å². The maximum Gasteiger partial charge on any atom is 0.180 e. The second-order valence-electron chi connectivity index (χ2n) is 10.9. The Balaban J connectivity index is 1.36. The molecule has 2 aromatic heterocycles. The van der Waals surface area contributed by atoms with Crippen molar-refractivity contribution < 1.29 is 0 Å². The van der Waals surface area contributed by atoms with Gasteiger partial charge in [0.1, 0.15) is 0 Å². The Hall–Kier alpha value is -4.77. The van der Waals surface area contributed by atoms with Crippen LogP contribution in [-0.4, -0.2) is 17.6 Å². The zero-order valence-electron chi connectivity index (χ0n) is 23.2. The Kier molecular flexibility index (Phi) is 5.92. The van der Waals surface area contributed by atoms with E-state index in [4.69, 9.17) is 4.98 Å². The summed E-state index contributed by atoms with van der Waals surface area (Å²) in [6.45, 7) is 2.15. The molecule has 8 rings (SSSR count). The molecule has 2 nitrogen and oxygen atoms in total. The summed E-state index contributed by atoms with van der Waals surface area (Å²) in [5.74, 6) is 0.979. The molecule has 0 unspecified atom stereocenters. The van der Waals surface area contributed by atoms with Gasteiger partial charge in [-0.3, -0.25) is 4.57 Å². The van der Waals surface area contributed by atoms with E-state index in [1.165, 1.54) is 41.6 Å². The second-order valence-corrected chi connectivity index (χ2v) is 15.9. The topological polar surface area (TPSA) is 17.8 Å². The predicted octanol–water partition coefficient (Wildman–Crippen LogP) is 6.93. The molecule has 0 atom stereocenters. The molecule has 1 aliphatic rings. The third-order valence-corrected chi connectivity index (χ3v) is 14.3. The molecule has 0 amide bonds. The molecule has 4 heteroatoms. The van der Waals surface area contributed by atoms with Crippen molar-refractivity contribution >= 4 is 40.2 Å². The highest BCUT2D eigenvalue weighted by atomic mass is 32.1. The van der Waals surface area contributed by atoms with Gasteiger partial charge >= 0.3 is 0 Å².